The maximum atomic E-state index is 12.2. The highest BCUT2D eigenvalue weighted by molar-refractivity contribution is 6.16. The number of carbonyl (C=O) groups is 3. The molecule has 2 atom stereocenters. The highest BCUT2D eigenvalue weighted by atomic mass is 16.2. The number of urea groups is 1. The number of nitrogens with one attached hydrogen (secondary N) is 1. The summed E-state index contributed by atoms with van der Waals surface area (Å²) in [7, 11) is 0. The zero-order chi connectivity index (χ0) is 13.9. The molecule has 1 saturated heterocycles. The van der Waals surface area contributed by atoms with E-state index >= 15 is 0 Å². The molecule has 2 unspecified atom stereocenters. The number of hydrogen-bond donors (Lipinski definition) is 1. The Morgan fingerprint density at radius 3 is 2.44 bits per heavy atom. The average Bonchev–Trinajstić information content (AvgIpc) is 2.26. The first-order valence-corrected chi connectivity index (χ1v) is 6.05. The number of amides is 4. The molecule has 1 rings (SSSR count). The van der Waals surface area contributed by atoms with Gasteiger partial charge in [0, 0.05) is 6.42 Å². The van der Waals surface area contributed by atoms with Gasteiger partial charge in [-0.1, -0.05) is 20.8 Å². The van der Waals surface area contributed by atoms with Crippen LogP contribution in [0.15, 0.2) is 0 Å². The Bertz CT molecular complexity index is 409. The Kier molecular flexibility index (Phi) is 4.49. The van der Waals surface area contributed by atoms with Crippen LogP contribution in [0.5, 0.6) is 0 Å². The highest BCUT2D eigenvalue weighted by Gasteiger charge is 2.44. The lowest BCUT2D eigenvalue weighted by atomic mass is 9.91. The van der Waals surface area contributed by atoms with E-state index in [1.54, 1.807) is 13.8 Å². The van der Waals surface area contributed by atoms with Crippen molar-refractivity contribution in [2.45, 2.75) is 39.7 Å². The van der Waals surface area contributed by atoms with E-state index in [1.807, 2.05) is 6.92 Å². The molecule has 1 aliphatic heterocycles. The summed E-state index contributed by atoms with van der Waals surface area (Å²) >= 11 is 0. The molecule has 98 valence electrons. The van der Waals surface area contributed by atoms with Crippen molar-refractivity contribution < 1.29 is 14.4 Å². The Balaban J connectivity index is 3.03. The SMILES string of the molecule is C#CCC(CC)N1C(=O)NC(=O)C(C(C)C)C1=O. The second kappa shape index (κ2) is 5.67. The Morgan fingerprint density at radius 2 is 2.00 bits per heavy atom. The van der Waals surface area contributed by atoms with E-state index in [2.05, 4.69) is 11.2 Å². The topological polar surface area (TPSA) is 66.5 Å². The Labute approximate surface area is 107 Å². The van der Waals surface area contributed by atoms with E-state index in [9.17, 15) is 14.4 Å². The van der Waals surface area contributed by atoms with Crippen molar-refractivity contribution in [3.63, 3.8) is 0 Å². The van der Waals surface area contributed by atoms with Crippen LogP contribution in [0.25, 0.3) is 0 Å². The van der Waals surface area contributed by atoms with E-state index < -0.39 is 23.8 Å². The monoisotopic (exact) mass is 250 g/mol. The quantitative estimate of drug-likeness (QED) is 0.601. The lowest BCUT2D eigenvalue weighted by Crippen LogP contribution is -2.61. The number of barbiturate groups is 1. The third kappa shape index (κ3) is 2.53. The number of hydrogen-bond acceptors (Lipinski definition) is 3. The molecular weight excluding hydrogens is 232 g/mol. The molecule has 4 amide bonds. The van der Waals surface area contributed by atoms with Gasteiger partial charge >= 0.3 is 6.03 Å². The molecule has 0 spiro atoms. The van der Waals surface area contributed by atoms with Crippen LogP contribution in [0.4, 0.5) is 4.79 Å². The molecule has 0 radical (unpaired) electrons. The van der Waals surface area contributed by atoms with Gasteiger partial charge in [0.1, 0.15) is 5.92 Å². The smallest absolute Gasteiger partial charge is 0.277 e. The fraction of sp³-hybridized carbons (Fsp3) is 0.615. The third-order valence-electron chi connectivity index (χ3n) is 3.09. The second-order valence-corrected chi connectivity index (χ2v) is 4.69. The number of imide groups is 2. The van der Waals surface area contributed by atoms with Crippen molar-refractivity contribution in [2.24, 2.45) is 11.8 Å². The summed E-state index contributed by atoms with van der Waals surface area (Å²) in [5.74, 6) is 0.522. The summed E-state index contributed by atoms with van der Waals surface area (Å²) in [6.07, 6.45) is 6.11. The molecule has 1 fully saturated rings. The normalized spacial score (nSPS) is 21.8. The van der Waals surface area contributed by atoms with Crippen molar-refractivity contribution >= 4 is 17.8 Å². The molecule has 0 saturated carbocycles. The number of carbonyl (C=O) groups excluding carboxylic acids is 3. The molecule has 1 aliphatic rings. The van der Waals surface area contributed by atoms with E-state index in [0.717, 1.165) is 4.90 Å². The van der Waals surface area contributed by atoms with Gasteiger partial charge in [0.15, 0.2) is 0 Å². The van der Waals surface area contributed by atoms with Crippen molar-refractivity contribution in [1.29, 1.82) is 0 Å². The van der Waals surface area contributed by atoms with Crippen LogP contribution in [-0.4, -0.2) is 28.8 Å². The van der Waals surface area contributed by atoms with Crippen LogP contribution in [0.2, 0.25) is 0 Å². The Hall–Kier alpha value is -1.83. The van der Waals surface area contributed by atoms with E-state index in [4.69, 9.17) is 6.42 Å². The zero-order valence-electron chi connectivity index (χ0n) is 10.9. The molecule has 0 aromatic heterocycles. The maximum Gasteiger partial charge on any atom is 0.331 e. The molecule has 5 nitrogen and oxygen atoms in total. The summed E-state index contributed by atoms with van der Waals surface area (Å²) in [6.45, 7) is 5.40. The predicted molar refractivity (Wildman–Crippen MR) is 66.2 cm³/mol. The molecule has 0 aliphatic carbocycles. The van der Waals surface area contributed by atoms with Gasteiger partial charge in [-0.3, -0.25) is 19.8 Å². The number of nitrogens with zero attached hydrogens (tertiary/aromatic N) is 1. The second-order valence-electron chi connectivity index (χ2n) is 4.69. The third-order valence-corrected chi connectivity index (χ3v) is 3.09. The first-order valence-electron chi connectivity index (χ1n) is 6.05. The van der Waals surface area contributed by atoms with Gasteiger partial charge in [-0.15, -0.1) is 12.3 Å². The number of terminal acetylenes is 1. The van der Waals surface area contributed by atoms with Crippen molar-refractivity contribution in [2.75, 3.05) is 0 Å². The van der Waals surface area contributed by atoms with Crippen LogP contribution < -0.4 is 5.32 Å². The van der Waals surface area contributed by atoms with Crippen molar-refractivity contribution in [1.82, 2.24) is 10.2 Å². The molecule has 0 aromatic carbocycles. The maximum absolute atomic E-state index is 12.2. The number of rotatable bonds is 4. The van der Waals surface area contributed by atoms with Crippen LogP contribution in [-0.2, 0) is 9.59 Å². The van der Waals surface area contributed by atoms with E-state index in [0.29, 0.717) is 12.8 Å². The molecule has 0 aromatic rings. The van der Waals surface area contributed by atoms with Gasteiger partial charge in [0.2, 0.25) is 11.8 Å². The lowest BCUT2D eigenvalue weighted by molar-refractivity contribution is -0.146. The Morgan fingerprint density at radius 1 is 1.39 bits per heavy atom. The molecular formula is C13H18N2O3. The summed E-state index contributed by atoms with van der Waals surface area (Å²) in [6, 6.07) is -1.01. The molecule has 1 N–H and O–H groups in total. The van der Waals surface area contributed by atoms with Crippen molar-refractivity contribution in [3.05, 3.63) is 0 Å². The van der Waals surface area contributed by atoms with Crippen LogP contribution in [0, 0.1) is 24.2 Å². The minimum atomic E-state index is -0.811. The molecule has 0 bridgehead atoms. The van der Waals surface area contributed by atoms with Gasteiger partial charge in [0.25, 0.3) is 0 Å². The van der Waals surface area contributed by atoms with E-state index in [-0.39, 0.29) is 12.0 Å². The average molecular weight is 250 g/mol. The lowest BCUT2D eigenvalue weighted by Gasteiger charge is -2.36. The van der Waals surface area contributed by atoms with Gasteiger partial charge in [0.05, 0.1) is 6.04 Å². The van der Waals surface area contributed by atoms with Crippen LogP contribution in [0.1, 0.15) is 33.6 Å². The fourth-order valence-electron chi connectivity index (χ4n) is 2.09. The van der Waals surface area contributed by atoms with Crippen LogP contribution >= 0.6 is 0 Å². The standard InChI is InChI=1S/C13H18N2O3/c1-5-7-9(6-2)15-12(17)10(8(3)4)11(16)14-13(15)18/h1,8-10H,6-7H2,2-4H3,(H,14,16,18). The van der Waals surface area contributed by atoms with Crippen LogP contribution in [0.3, 0.4) is 0 Å². The summed E-state index contributed by atoms with van der Waals surface area (Å²) in [5.41, 5.74) is 0. The van der Waals surface area contributed by atoms with Gasteiger partial charge in [-0.25, -0.2) is 4.79 Å². The van der Waals surface area contributed by atoms with E-state index in [1.165, 1.54) is 0 Å². The fourth-order valence-corrected chi connectivity index (χ4v) is 2.09. The summed E-state index contributed by atoms with van der Waals surface area (Å²) in [5, 5.41) is 2.22. The van der Waals surface area contributed by atoms with Gasteiger partial charge in [-0.05, 0) is 12.3 Å². The molecule has 18 heavy (non-hydrogen) atoms. The summed E-state index contributed by atoms with van der Waals surface area (Å²) in [4.78, 5) is 36.8. The predicted octanol–water partition coefficient (Wildman–Crippen LogP) is 1.14. The summed E-state index contributed by atoms with van der Waals surface area (Å²) < 4.78 is 0. The minimum absolute atomic E-state index is 0.156. The zero-order valence-corrected chi connectivity index (χ0v) is 10.9. The largest absolute Gasteiger partial charge is 0.331 e. The minimum Gasteiger partial charge on any atom is -0.277 e. The first-order chi connectivity index (χ1) is 8.43. The molecule has 1 heterocycles. The van der Waals surface area contributed by atoms with Gasteiger partial charge in [-0.2, -0.15) is 0 Å². The van der Waals surface area contributed by atoms with Crippen molar-refractivity contribution in [3.8, 4) is 12.3 Å². The highest BCUT2D eigenvalue weighted by Crippen LogP contribution is 2.22. The molecule has 5 heteroatoms. The van der Waals surface area contributed by atoms with Gasteiger partial charge < -0.3 is 0 Å². The first kappa shape index (κ1) is 14.2.